The Morgan fingerprint density at radius 1 is 0.868 bits per heavy atom. The predicted octanol–water partition coefficient (Wildman–Crippen LogP) is 4.14. The van der Waals surface area contributed by atoms with Crippen molar-refractivity contribution in [3.05, 3.63) is 84.7 Å². The van der Waals surface area contributed by atoms with Gasteiger partial charge in [0, 0.05) is 58.7 Å². The number of rotatable bonds is 5. The Morgan fingerprint density at radius 3 is 2.26 bits per heavy atom. The van der Waals surface area contributed by atoms with Crippen LogP contribution in [-0.2, 0) is 10.0 Å². The molecule has 3 heterocycles. The molecule has 0 unspecified atom stereocenters. The number of hydrogen-bond acceptors (Lipinski definition) is 8. The second kappa shape index (κ2) is 9.76. The molecule has 5 aromatic rings. The van der Waals surface area contributed by atoms with Gasteiger partial charge in [-0.25, -0.2) is 23.9 Å². The standard InChI is InChI=1S/C27H23N5O4S2/c33-26(30-34)19-16-28-27(29-17-19)31-12-14-32(15-13-31)38(35,36)20-10-8-18(9-11-20)21-5-3-6-23-22-4-1-2-7-24(22)37-25(21)23/h1-11,16-17,34H,12-15H2,(H,30,33). The van der Waals surface area contributed by atoms with E-state index in [1.54, 1.807) is 23.5 Å². The Hall–Kier alpha value is -3.90. The van der Waals surface area contributed by atoms with Gasteiger partial charge in [0.15, 0.2) is 0 Å². The maximum Gasteiger partial charge on any atom is 0.277 e. The van der Waals surface area contributed by atoms with Gasteiger partial charge in [0.25, 0.3) is 5.91 Å². The van der Waals surface area contributed by atoms with Crippen LogP contribution in [0.1, 0.15) is 10.4 Å². The predicted molar refractivity (Wildman–Crippen MR) is 147 cm³/mol. The molecular formula is C27H23N5O4S2. The molecule has 0 spiro atoms. The van der Waals surface area contributed by atoms with E-state index < -0.39 is 15.9 Å². The number of anilines is 1. The first kappa shape index (κ1) is 24.4. The second-order valence-corrected chi connectivity index (χ2v) is 11.9. The van der Waals surface area contributed by atoms with E-state index in [0.29, 0.717) is 19.0 Å². The lowest BCUT2D eigenvalue weighted by Gasteiger charge is -2.34. The van der Waals surface area contributed by atoms with Crippen LogP contribution in [0.3, 0.4) is 0 Å². The lowest BCUT2D eigenvalue weighted by atomic mass is 10.0. The van der Waals surface area contributed by atoms with Gasteiger partial charge in [-0.2, -0.15) is 4.31 Å². The van der Waals surface area contributed by atoms with Crippen molar-refractivity contribution in [3.63, 3.8) is 0 Å². The van der Waals surface area contributed by atoms with Crippen LogP contribution < -0.4 is 10.4 Å². The maximum atomic E-state index is 13.4. The summed E-state index contributed by atoms with van der Waals surface area (Å²) in [6.45, 7) is 1.40. The van der Waals surface area contributed by atoms with Crippen LogP contribution in [-0.4, -0.2) is 60.0 Å². The zero-order chi connectivity index (χ0) is 26.3. The zero-order valence-electron chi connectivity index (χ0n) is 20.1. The molecule has 11 heteroatoms. The third kappa shape index (κ3) is 4.29. The molecule has 1 saturated heterocycles. The molecule has 0 radical (unpaired) electrons. The summed E-state index contributed by atoms with van der Waals surface area (Å²) in [5.74, 6) is -0.296. The third-order valence-electron chi connectivity index (χ3n) is 6.73. The lowest BCUT2D eigenvalue weighted by molar-refractivity contribution is 0.0705. The van der Waals surface area contributed by atoms with Gasteiger partial charge < -0.3 is 4.90 Å². The van der Waals surface area contributed by atoms with Crippen LogP contribution in [0, 0.1) is 0 Å². The van der Waals surface area contributed by atoms with Gasteiger partial charge in [0.1, 0.15) is 0 Å². The van der Waals surface area contributed by atoms with E-state index in [4.69, 9.17) is 5.21 Å². The molecular weight excluding hydrogens is 522 g/mol. The quantitative estimate of drug-likeness (QED) is 0.252. The number of fused-ring (bicyclic) bond motifs is 3. The highest BCUT2D eigenvalue weighted by Gasteiger charge is 2.29. The number of amides is 1. The zero-order valence-corrected chi connectivity index (χ0v) is 21.7. The van der Waals surface area contributed by atoms with E-state index in [1.165, 1.54) is 42.4 Å². The molecule has 1 fully saturated rings. The smallest absolute Gasteiger partial charge is 0.277 e. The SMILES string of the molecule is O=C(NO)c1cnc(N2CCN(S(=O)(=O)c3ccc(-c4cccc5c4sc4ccccc45)cc3)CC2)nc1. The summed E-state index contributed by atoms with van der Waals surface area (Å²) in [6, 6.07) is 21.7. The van der Waals surface area contributed by atoms with Gasteiger partial charge in [0.05, 0.1) is 10.5 Å². The van der Waals surface area contributed by atoms with Crippen LogP contribution in [0.15, 0.2) is 84.0 Å². The molecule has 0 saturated carbocycles. The summed E-state index contributed by atoms with van der Waals surface area (Å²) in [7, 11) is -3.66. The number of aromatic nitrogens is 2. The van der Waals surface area contributed by atoms with E-state index in [0.717, 1.165) is 11.1 Å². The molecule has 6 rings (SSSR count). The van der Waals surface area contributed by atoms with Crippen LogP contribution in [0.5, 0.6) is 0 Å². The molecule has 1 aliphatic heterocycles. The van der Waals surface area contributed by atoms with Crippen molar-refractivity contribution in [2.24, 2.45) is 0 Å². The average molecular weight is 546 g/mol. The molecule has 1 amide bonds. The number of sulfonamides is 1. The number of hydroxylamine groups is 1. The minimum absolute atomic E-state index is 0.129. The van der Waals surface area contributed by atoms with Crippen molar-refractivity contribution in [1.29, 1.82) is 0 Å². The summed E-state index contributed by atoms with van der Waals surface area (Å²) < 4.78 is 30.6. The van der Waals surface area contributed by atoms with Crippen molar-refractivity contribution in [3.8, 4) is 11.1 Å². The minimum Gasteiger partial charge on any atom is -0.338 e. The van der Waals surface area contributed by atoms with Gasteiger partial charge in [-0.3, -0.25) is 10.0 Å². The van der Waals surface area contributed by atoms with Crippen molar-refractivity contribution in [1.82, 2.24) is 19.8 Å². The van der Waals surface area contributed by atoms with Gasteiger partial charge in [0.2, 0.25) is 16.0 Å². The molecule has 192 valence electrons. The molecule has 9 nitrogen and oxygen atoms in total. The van der Waals surface area contributed by atoms with E-state index in [2.05, 4.69) is 34.2 Å². The summed E-state index contributed by atoms with van der Waals surface area (Å²) in [5, 5.41) is 11.1. The van der Waals surface area contributed by atoms with Gasteiger partial charge in [-0.05, 0) is 29.3 Å². The van der Waals surface area contributed by atoms with E-state index in [1.807, 2.05) is 35.2 Å². The first-order valence-electron chi connectivity index (χ1n) is 12.0. The van der Waals surface area contributed by atoms with Crippen LogP contribution in [0.2, 0.25) is 0 Å². The molecule has 1 aliphatic rings. The van der Waals surface area contributed by atoms with Crippen molar-refractivity contribution < 1.29 is 18.4 Å². The summed E-state index contributed by atoms with van der Waals surface area (Å²) in [5.41, 5.74) is 3.73. The second-order valence-electron chi connectivity index (χ2n) is 8.91. The van der Waals surface area contributed by atoms with E-state index in [-0.39, 0.29) is 23.5 Å². The van der Waals surface area contributed by atoms with Gasteiger partial charge in [-0.15, -0.1) is 11.3 Å². The Morgan fingerprint density at radius 2 is 1.55 bits per heavy atom. The fraction of sp³-hybridized carbons (Fsp3) is 0.148. The molecule has 0 bridgehead atoms. The summed E-state index contributed by atoms with van der Waals surface area (Å²) >= 11 is 1.74. The fourth-order valence-electron chi connectivity index (χ4n) is 4.72. The number of nitrogens with one attached hydrogen (secondary N) is 1. The van der Waals surface area contributed by atoms with Crippen LogP contribution >= 0.6 is 11.3 Å². The van der Waals surface area contributed by atoms with E-state index in [9.17, 15) is 13.2 Å². The topological polar surface area (TPSA) is 116 Å². The summed E-state index contributed by atoms with van der Waals surface area (Å²) in [6.07, 6.45) is 2.63. The molecule has 2 aromatic heterocycles. The molecule has 3 aromatic carbocycles. The van der Waals surface area contributed by atoms with Crippen molar-refractivity contribution in [2.45, 2.75) is 4.90 Å². The Labute approximate surface area is 223 Å². The number of hydrogen-bond donors (Lipinski definition) is 2. The van der Waals surface area contributed by atoms with Gasteiger partial charge in [-0.1, -0.05) is 48.5 Å². The molecule has 0 atom stereocenters. The van der Waals surface area contributed by atoms with Crippen LogP contribution in [0.4, 0.5) is 5.95 Å². The Bertz CT molecular complexity index is 1740. The maximum absolute atomic E-state index is 13.4. The molecule has 0 aliphatic carbocycles. The Kier molecular flexibility index (Phi) is 6.28. The number of carbonyl (C=O) groups is 1. The number of carbonyl (C=O) groups excluding carboxylic acids is 1. The number of piperazine rings is 1. The van der Waals surface area contributed by atoms with E-state index >= 15 is 0 Å². The molecule has 38 heavy (non-hydrogen) atoms. The fourth-order valence-corrected chi connectivity index (χ4v) is 7.39. The minimum atomic E-state index is -3.66. The highest BCUT2D eigenvalue weighted by atomic mass is 32.2. The monoisotopic (exact) mass is 545 g/mol. The first-order valence-corrected chi connectivity index (χ1v) is 14.2. The highest BCUT2D eigenvalue weighted by Crippen LogP contribution is 2.39. The normalized spacial score (nSPS) is 14.7. The lowest BCUT2D eigenvalue weighted by Crippen LogP contribution is -2.49. The number of benzene rings is 3. The van der Waals surface area contributed by atoms with Gasteiger partial charge >= 0.3 is 0 Å². The average Bonchev–Trinajstić information content (AvgIpc) is 3.36. The number of nitrogens with zero attached hydrogens (tertiary/aromatic N) is 4. The summed E-state index contributed by atoms with van der Waals surface area (Å²) in [4.78, 5) is 21.9. The van der Waals surface area contributed by atoms with Crippen LogP contribution in [0.25, 0.3) is 31.3 Å². The Balaban J connectivity index is 1.19. The first-order chi connectivity index (χ1) is 18.5. The largest absolute Gasteiger partial charge is 0.338 e. The third-order valence-corrected chi connectivity index (χ3v) is 9.86. The number of thiophene rings is 1. The van der Waals surface area contributed by atoms with Crippen molar-refractivity contribution in [2.75, 3.05) is 31.1 Å². The van der Waals surface area contributed by atoms with Crippen molar-refractivity contribution >= 4 is 53.4 Å². The molecule has 2 N–H and O–H groups in total. The highest BCUT2D eigenvalue weighted by molar-refractivity contribution is 7.89.